The van der Waals surface area contributed by atoms with Crippen molar-refractivity contribution < 1.29 is 28.8 Å². The number of hydrogen-bond acceptors (Lipinski definition) is 7. The van der Waals surface area contributed by atoms with E-state index in [2.05, 4.69) is 45.8 Å². The number of carbonyl (C=O) groups is 1. The van der Waals surface area contributed by atoms with Crippen LogP contribution in [0.1, 0.15) is 35.3 Å². The van der Waals surface area contributed by atoms with Crippen LogP contribution < -0.4 is 9.47 Å². The highest BCUT2D eigenvalue weighted by Crippen LogP contribution is 2.57. The first-order chi connectivity index (χ1) is 17.0. The van der Waals surface area contributed by atoms with Gasteiger partial charge in [-0.3, -0.25) is 4.79 Å². The second-order valence-electron chi connectivity index (χ2n) is 9.95. The van der Waals surface area contributed by atoms with Crippen LogP contribution in [0.2, 0.25) is 0 Å². The van der Waals surface area contributed by atoms with Crippen LogP contribution in [-0.4, -0.2) is 66.7 Å². The number of rotatable bonds is 6. The zero-order valence-electron chi connectivity index (χ0n) is 19.6. The lowest BCUT2D eigenvalue weighted by atomic mass is 9.82. The van der Waals surface area contributed by atoms with E-state index in [0.29, 0.717) is 61.2 Å². The average molecular weight is 592 g/mol. The van der Waals surface area contributed by atoms with Crippen LogP contribution in [-0.2, 0) is 15.1 Å². The van der Waals surface area contributed by atoms with E-state index in [1.54, 1.807) is 17.0 Å². The van der Waals surface area contributed by atoms with Crippen molar-refractivity contribution in [3.05, 3.63) is 51.2 Å². The zero-order chi connectivity index (χ0) is 24.2. The first-order valence-corrected chi connectivity index (χ1v) is 13.2. The number of piperidine rings is 1. The van der Waals surface area contributed by atoms with E-state index < -0.39 is 5.60 Å². The molecule has 3 heterocycles. The van der Waals surface area contributed by atoms with Crippen LogP contribution >= 0.6 is 22.6 Å². The Labute approximate surface area is 218 Å². The maximum atomic E-state index is 13.3. The molecular weight excluding hydrogens is 563 g/mol. The van der Waals surface area contributed by atoms with E-state index in [0.717, 1.165) is 22.0 Å². The summed E-state index contributed by atoms with van der Waals surface area (Å²) >= 11 is 2.30. The SMILES string of the molecule is COc1nc(C(=O)N2CC[C@]3(c4cccc(I)c4)OCO[C@@H]3C2)ccc1OCC1C2CC(O)CC12. The Bertz CT molecular complexity index is 1120. The van der Waals surface area contributed by atoms with Gasteiger partial charge in [0, 0.05) is 16.5 Å². The number of hydrogen-bond donors (Lipinski definition) is 1. The molecule has 4 fully saturated rings. The standard InChI is InChI=1S/C26H29IN2O6/c1-32-24-22(33-13-20-18-10-17(30)11-19(18)20)6-5-21(28-24)25(31)29-8-7-26(23(12-29)34-14-35-26)15-3-2-4-16(27)9-15/h2-6,9,17-20,23,30H,7-8,10-14H2,1H3/t17?,18?,19?,20?,23-,26-/m1/s1. The molecule has 8 nitrogen and oxygen atoms in total. The van der Waals surface area contributed by atoms with E-state index in [9.17, 15) is 9.90 Å². The van der Waals surface area contributed by atoms with Gasteiger partial charge in [0.2, 0.25) is 0 Å². The second kappa shape index (κ2) is 9.17. The Morgan fingerprint density at radius 1 is 1.29 bits per heavy atom. The molecule has 0 spiro atoms. The molecule has 4 atom stereocenters. The molecule has 9 heteroatoms. The van der Waals surface area contributed by atoms with E-state index in [1.165, 1.54) is 7.11 Å². The summed E-state index contributed by atoms with van der Waals surface area (Å²) in [7, 11) is 1.53. The van der Waals surface area contributed by atoms with Gasteiger partial charge < -0.3 is 29.0 Å². The molecule has 2 aliphatic heterocycles. The second-order valence-corrected chi connectivity index (χ2v) is 11.2. The summed E-state index contributed by atoms with van der Waals surface area (Å²) in [6.45, 7) is 1.78. The first-order valence-electron chi connectivity index (χ1n) is 12.2. The summed E-state index contributed by atoms with van der Waals surface area (Å²) in [5.41, 5.74) is 0.883. The van der Waals surface area contributed by atoms with Crippen molar-refractivity contribution in [2.45, 2.75) is 37.1 Å². The molecule has 1 N–H and O–H groups in total. The van der Waals surface area contributed by atoms with Crippen molar-refractivity contribution >= 4 is 28.5 Å². The molecule has 186 valence electrons. The molecule has 2 saturated carbocycles. The first kappa shape index (κ1) is 23.4. The quantitative estimate of drug-likeness (QED) is 0.516. The third-order valence-corrected chi connectivity index (χ3v) is 8.78. The van der Waals surface area contributed by atoms with Gasteiger partial charge in [0.05, 0.1) is 26.4 Å². The number of benzene rings is 1. The minimum absolute atomic E-state index is 0.152. The minimum Gasteiger partial charge on any atom is -0.488 e. The van der Waals surface area contributed by atoms with Crippen LogP contribution in [0.25, 0.3) is 0 Å². The molecule has 2 aliphatic carbocycles. The lowest BCUT2D eigenvalue weighted by Gasteiger charge is -2.41. The number of ether oxygens (including phenoxy) is 4. The van der Waals surface area contributed by atoms with Crippen LogP contribution in [0.3, 0.4) is 0 Å². The molecule has 2 saturated heterocycles. The summed E-state index contributed by atoms with van der Waals surface area (Å²) in [4.78, 5) is 19.6. The van der Waals surface area contributed by atoms with Gasteiger partial charge in [-0.15, -0.1) is 0 Å². The Balaban J connectivity index is 1.13. The van der Waals surface area contributed by atoms with E-state index in [-0.39, 0.29) is 24.9 Å². The zero-order valence-corrected chi connectivity index (χ0v) is 21.7. The molecule has 0 bridgehead atoms. The Kier molecular flexibility index (Phi) is 6.14. The summed E-state index contributed by atoms with van der Waals surface area (Å²) < 4.78 is 24.7. The summed E-state index contributed by atoms with van der Waals surface area (Å²) in [6, 6.07) is 11.7. The van der Waals surface area contributed by atoms with Crippen molar-refractivity contribution in [1.29, 1.82) is 0 Å². The fourth-order valence-corrected chi connectivity index (χ4v) is 6.71. The topological polar surface area (TPSA) is 90.4 Å². The molecule has 6 rings (SSSR count). The Hall–Kier alpha value is -1.95. The maximum Gasteiger partial charge on any atom is 0.272 e. The van der Waals surface area contributed by atoms with Crippen LogP contribution in [0, 0.1) is 21.3 Å². The van der Waals surface area contributed by atoms with E-state index in [4.69, 9.17) is 18.9 Å². The predicted octanol–water partition coefficient (Wildman–Crippen LogP) is 3.20. The number of amides is 1. The van der Waals surface area contributed by atoms with Gasteiger partial charge in [0.15, 0.2) is 5.75 Å². The van der Waals surface area contributed by atoms with Crippen molar-refractivity contribution in [2.75, 3.05) is 33.6 Å². The number of pyridine rings is 1. The van der Waals surface area contributed by atoms with Gasteiger partial charge >= 0.3 is 0 Å². The molecule has 4 aliphatic rings. The number of methoxy groups -OCH3 is 1. The molecule has 0 radical (unpaired) electrons. The molecular formula is C26H29IN2O6. The number of aliphatic hydroxyl groups excluding tert-OH is 1. The van der Waals surface area contributed by atoms with Crippen molar-refractivity contribution in [2.24, 2.45) is 17.8 Å². The normalized spacial score (nSPS) is 33.2. The maximum absolute atomic E-state index is 13.3. The smallest absolute Gasteiger partial charge is 0.272 e. The molecule has 1 aromatic heterocycles. The number of fused-ring (bicyclic) bond motifs is 2. The molecule has 2 unspecified atom stereocenters. The lowest BCUT2D eigenvalue weighted by Crippen LogP contribution is -2.53. The minimum atomic E-state index is -0.530. The molecule has 1 amide bonds. The fraction of sp³-hybridized carbons (Fsp3) is 0.538. The van der Waals surface area contributed by atoms with E-state index >= 15 is 0 Å². The molecule has 35 heavy (non-hydrogen) atoms. The summed E-state index contributed by atoms with van der Waals surface area (Å²) in [6.07, 6.45) is 2.01. The average Bonchev–Trinajstić information content (AvgIpc) is 3.19. The third-order valence-electron chi connectivity index (χ3n) is 8.11. The van der Waals surface area contributed by atoms with Crippen LogP contribution in [0.5, 0.6) is 11.6 Å². The van der Waals surface area contributed by atoms with Gasteiger partial charge in [-0.05, 0) is 83.0 Å². The van der Waals surface area contributed by atoms with Gasteiger partial charge in [0.1, 0.15) is 24.2 Å². The molecule has 2 aromatic rings. The van der Waals surface area contributed by atoms with Crippen molar-refractivity contribution in [3.63, 3.8) is 0 Å². The van der Waals surface area contributed by atoms with Gasteiger partial charge in [-0.1, -0.05) is 12.1 Å². The van der Waals surface area contributed by atoms with E-state index in [1.807, 2.05) is 6.07 Å². The number of carbonyl (C=O) groups excluding carboxylic acids is 1. The number of aromatic nitrogens is 1. The predicted molar refractivity (Wildman–Crippen MR) is 134 cm³/mol. The number of nitrogens with zero attached hydrogens (tertiary/aromatic N) is 2. The lowest BCUT2D eigenvalue weighted by molar-refractivity contribution is -0.0440. The van der Waals surface area contributed by atoms with Gasteiger partial charge in [-0.25, -0.2) is 4.98 Å². The number of aliphatic hydroxyl groups is 1. The highest BCUT2D eigenvalue weighted by molar-refractivity contribution is 14.1. The van der Waals surface area contributed by atoms with Crippen LogP contribution in [0.4, 0.5) is 0 Å². The van der Waals surface area contributed by atoms with Crippen LogP contribution in [0.15, 0.2) is 36.4 Å². The van der Waals surface area contributed by atoms with Crippen molar-refractivity contribution in [1.82, 2.24) is 9.88 Å². The summed E-state index contributed by atoms with van der Waals surface area (Å²) in [5.74, 6) is 2.31. The monoisotopic (exact) mass is 592 g/mol. The Morgan fingerprint density at radius 2 is 2.11 bits per heavy atom. The van der Waals surface area contributed by atoms with Crippen molar-refractivity contribution in [3.8, 4) is 11.6 Å². The number of likely N-dealkylation sites (tertiary alicyclic amines) is 1. The van der Waals surface area contributed by atoms with Gasteiger partial charge in [-0.2, -0.15) is 0 Å². The largest absolute Gasteiger partial charge is 0.488 e. The van der Waals surface area contributed by atoms with Gasteiger partial charge in [0.25, 0.3) is 11.8 Å². The Morgan fingerprint density at radius 3 is 2.89 bits per heavy atom. The highest BCUT2D eigenvalue weighted by Gasteiger charge is 2.56. The molecule has 1 aromatic carbocycles. The third kappa shape index (κ3) is 4.20. The highest BCUT2D eigenvalue weighted by atomic mass is 127. The number of halogens is 1. The fourth-order valence-electron chi connectivity index (χ4n) is 6.17. The summed E-state index contributed by atoms with van der Waals surface area (Å²) in [5, 5.41) is 9.72.